The van der Waals surface area contributed by atoms with Crippen molar-refractivity contribution in [1.82, 2.24) is 4.90 Å². The van der Waals surface area contributed by atoms with Crippen molar-refractivity contribution in [2.75, 3.05) is 47.6 Å². The Bertz CT molecular complexity index is 355. The molecule has 0 aliphatic heterocycles. The molecule has 5 nitrogen and oxygen atoms in total. The molecule has 0 aliphatic rings. The standard InChI is InChI=1S/C15H25NO4/c1-16(11-13(17)12-18-2)9-4-10-20-15-7-5-14(19-3)6-8-15/h5-8,13,17H,4,9-12H2,1-3H3. The molecule has 0 saturated carbocycles. The van der Waals surface area contributed by atoms with Crippen molar-refractivity contribution >= 4 is 0 Å². The maximum atomic E-state index is 9.59. The molecule has 0 saturated heterocycles. The van der Waals surface area contributed by atoms with Gasteiger partial charge in [0.05, 0.1) is 26.4 Å². The maximum absolute atomic E-state index is 9.59. The molecule has 0 bridgehead atoms. The van der Waals surface area contributed by atoms with Crippen molar-refractivity contribution < 1.29 is 19.3 Å². The third-order valence-electron chi connectivity index (χ3n) is 2.89. The van der Waals surface area contributed by atoms with Gasteiger partial charge in [-0.15, -0.1) is 0 Å². The largest absolute Gasteiger partial charge is 0.497 e. The minimum atomic E-state index is -0.437. The van der Waals surface area contributed by atoms with Gasteiger partial charge in [0.25, 0.3) is 0 Å². The van der Waals surface area contributed by atoms with Crippen molar-refractivity contribution in [3.8, 4) is 11.5 Å². The molecule has 0 aliphatic carbocycles. The van der Waals surface area contributed by atoms with Crippen LogP contribution in [0.5, 0.6) is 11.5 Å². The highest BCUT2D eigenvalue weighted by molar-refractivity contribution is 5.31. The summed E-state index contributed by atoms with van der Waals surface area (Å²) in [6.07, 6.45) is 0.467. The Kier molecular flexibility index (Phi) is 8.02. The number of benzene rings is 1. The Morgan fingerprint density at radius 2 is 1.80 bits per heavy atom. The van der Waals surface area contributed by atoms with E-state index in [0.717, 1.165) is 24.5 Å². The number of nitrogens with zero attached hydrogens (tertiary/aromatic N) is 1. The number of aliphatic hydroxyl groups is 1. The smallest absolute Gasteiger partial charge is 0.119 e. The van der Waals surface area contributed by atoms with Crippen LogP contribution in [0.1, 0.15) is 6.42 Å². The number of ether oxygens (including phenoxy) is 3. The Morgan fingerprint density at radius 3 is 2.40 bits per heavy atom. The van der Waals surface area contributed by atoms with Gasteiger partial charge in [0, 0.05) is 20.2 Å². The Hall–Kier alpha value is -1.30. The van der Waals surface area contributed by atoms with Gasteiger partial charge < -0.3 is 24.2 Å². The topological polar surface area (TPSA) is 51.2 Å². The number of hydrogen-bond donors (Lipinski definition) is 1. The zero-order chi connectivity index (χ0) is 14.8. The normalized spacial score (nSPS) is 12.4. The molecule has 0 heterocycles. The number of rotatable bonds is 10. The predicted octanol–water partition coefficient (Wildman–Crippen LogP) is 1.40. The van der Waals surface area contributed by atoms with Crippen LogP contribution in [-0.2, 0) is 4.74 Å². The molecule has 0 spiro atoms. The second kappa shape index (κ2) is 9.58. The summed E-state index contributed by atoms with van der Waals surface area (Å²) in [5.74, 6) is 1.66. The monoisotopic (exact) mass is 283 g/mol. The lowest BCUT2D eigenvalue weighted by Crippen LogP contribution is -2.33. The van der Waals surface area contributed by atoms with Crippen molar-refractivity contribution in [1.29, 1.82) is 0 Å². The summed E-state index contributed by atoms with van der Waals surface area (Å²) in [5, 5.41) is 9.59. The van der Waals surface area contributed by atoms with Crippen LogP contribution < -0.4 is 9.47 Å². The molecule has 20 heavy (non-hydrogen) atoms. The molecular formula is C15H25NO4. The van der Waals surface area contributed by atoms with Gasteiger partial charge in [-0.05, 0) is 37.7 Å². The molecule has 114 valence electrons. The van der Waals surface area contributed by atoms with Gasteiger partial charge in [-0.3, -0.25) is 0 Å². The average molecular weight is 283 g/mol. The highest BCUT2D eigenvalue weighted by atomic mass is 16.5. The quantitative estimate of drug-likeness (QED) is 0.658. The number of likely N-dealkylation sites (N-methyl/N-ethyl adjacent to an activating group) is 1. The SMILES string of the molecule is COCC(O)CN(C)CCCOc1ccc(OC)cc1. The Labute approximate surface area is 121 Å². The van der Waals surface area contributed by atoms with Crippen LogP contribution in [0.25, 0.3) is 0 Å². The summed E-state index contributed by atoms with van der Waals surface area (Å²) < 4.78 is 15.6. The third kappa shape index (κ3) is 6.75. The van der Waals surface area contributed by atoms with Gasteiger partial charge in [0.15, 0.2) is 0 Å². The minimum absolute atomic E-state index is 0.368. The van der Waals surface area contributed by atoms with E-state index in [1.54, 1.807) is 14.2 Å². The van der Waals surface area contributed by atoms with Crippen molar-refractivity contribution in [2.45, 2.75) is 12.5 Å². The fraction of sp³-hybridized carbons (Fsp3) is 0.600. The van der Waals surface area contributed by atoms with Crippen LogP contribution in [0.2, 0.25) is 0 Å². The summed E-state index contributed by atoms with van der Waals surface area (Å²) in [4.78, 5) is 2.07. The fourth-order valence-corrected chi connectivity index (χ4v) is 1.89. The first-order valence-corrected chi connectivity index (χ1v) is 6.78. The first-order valence-electron chi connectivity index (χ1n) is 6.78. The molecule has 5 heteroatoms. The second-order valence-corrected chi connectivity index (χ2v) is 4.75. The molecule has 1 N–H and O–H groups in total. The molecule has 0 aromatic heterocycles. The lowest BCUT2D eigenvalue weighted by atomic mass is 10.3. The fourth-order valence-electron chi connectivity index (χ4n) is 1.89. The summed E-state index contributed by atoms with van der Waals surface area (Å²) in [6, 6.07) is 7.54. The van der Waals surface area contributed by atoms with Crippen LogP contribution in [-0.4, -0.2) is 63.7 Å². The zero-order valence-corrected chi connectivity index (χ0v) is 12.5. The second-order valence-electron chi connectivity index (χ2n) is 4.75. The van der Waals surface area contributed by atoms with E-state index in [1.807, 2.05) is 31.3 Å². The third-order valence-corrected chi connectivity index (χ3v) is 2.89. The van der Waals surface area contributed by atoms with E-state index in [2.05, 4.69) is 4.90 Å². The van der Waals surface area contributed by atoms with E-state index in [1.165, 1.54) is 0 Å². The van der Waals surface area contributed by atoms with E-state index < -0.39 is 6.10 Å². The van der Waals surface area contributed by atoms with Crippen molar-refractivity contribution in [3.05, 3.63) is 24.3 Å². The van der Waals surface area contributed by atoms with E-state index in [9.17, 15) is 5.11 Å². The molecule has 1 atom stereocenters. The lowest BCUT2D eigenvalue weighted by molar-refractivity contribution is 0.0424. The zero-order valence-electron chi connectivity index (χ0n) is 12.5. The van der Waals surface area contributed by atoms with Crippen molar-refractivity contribution in [3.63, 3.8) is 0 Å². The molecule has 1 unspecified atom stereocenters. The van der Waals surface area contributed by atoms with Crippen LogP contribution in [0, 0.1) is 0 Å². The minimum Gasteiger partial charge on any atom is -0.497 e. The number of methoxy groups -OCH3 is 2. The van der Waals surface area contributed by atoms with Crippen LogP contribution >= 0.6 is 0 Å². The Morgan fingerprint density at radius 1 is 1.15 bits per heavy atom. The first-order chi connectivity index (χ1) is 9.65. The highest BCUT2D eigenvalue weighted by Gasteiger charge is 2.07. The van der Waals surface area contributed by atoms with Gasteiger partial charge >= 0.3 is 0 Å². The number of aliphatic hydroxyl groups excluding tert-OH is 1. The molecule has 0 radical (unpaired) electrons. The van der Waals surface area contributed by atoms with E-state index in [-0.39, 0.29) is 0 Å². The van der Waals surface area contributed by atoms with E-state index >= 15 is 0 Å². The van der Waals surface area contributed by atoms with E-state index in [0.29, 0.717) is 19.8 Å². The summed E-state index contributed by atoms with van der Waals surface area (Å²) in [6.45, 7) is 2.50. The number of hydrogen-bond acceptors (Lipinski definition) is 5. The molecule has 1 rings (SSSR count). The van der Waals surface area contributed by atoms with Crippen LogP contribution in [0.3, 0.4) is 0 Å². The van der Waals surface area contributed by atoms with E-state index in [4.69, 9.17) is 14.2 Å². The van der Waals surface area contributed by atoms with Crippen molar-refractivity contribution in [2.24, 2.45) is 0 Å². The average Bonchev–Trinajstić information content (AvgIpc) is 2.44. The van der Waals surface area contributed by atoms with Gasteiger partial charge in [-0.1, -0.05) is 0 Å². The van der Waals surface area contributed by atoms with Gasteiger partial charge in [-0.2, -0.15) is 0 Å². The summed E-state index contributed by atoms with van der Waals surface area (Å²) in [5.41, 5.74) is 0. The maximum Gasteiger partial charge on any atom is 0.119 e. The summed E-state index contributed by atoms with van der Waals surface area (Å²) >= 11 is 0. The van der Waals surface area contributed by atoms with Gasteiger partial charge in [-0.25, -0.2) is 0 Å². The molecule has 1 aromatic rings. The molecule has 0 amide bonds. The van der Waals surface area contributed by atoms with Crippen LogP contribution in [0.15, 0.2) is 24.3 Å². The molecular weight excluding hydrogens is 258 g/mol. The first kappa shape index (κ1) is 16.8. The van der Waals surface area contributed by atoms with Gasteiger partial charge in [0.2, 0.25) is 0 Å². The summed E-state index contributed by atoms with van der Waals surface area (Å²) in [7, 11) is 5.21. The van der Waals surface area contributed by atoms with Gasteiger partial charge in [0.1, 0.15) is 11.5 Å². The molecule has 0 fully saturated rings. The highest BCUT2D eigenvalue weighted by Crippen LogP contribution is 2.16. The predicted molar refractivity (Wildman–Crippen MR) is 78.5 cm³/mol. The molecule has 1 aromatic carbocycles. The van der Waals surface area contributed by atoms with Crippen LogP contribution in [0.4, 0.5) is 0 Å². The Balaban J connectivity index is 2.14. The lowest BCUT2D eigenvalue weighted by Gasteiger charge is -2.20.